The van der Waals surface area contributed by atoms with E-state index in [2.05, 4.69) is 5.32 Å². The zero-order valence-electron chi connectivity index (χ0n) is 14.2. The van der Waals surface area contributed by atoms with E-state index in [0.29, 0.717) is 6.54 Å². The third-order valence-corrected chi connectivity index (χ3v) is 2.88. The highest BCUT2D eigenvalue weighted by Gasteiger charge is 2.16. The van der Waals surface area contributed by atoms with Gasteiger partial charge in [-0.05, 0) is 52.4 Å². The molecule has 0 aliphatic rings. The Morgan fingerprint density at radius 1 is 1.41 bits per heavy atom. The lowest BCUT2D eigenvalue weighted by Gasteiger charge is -2.24. The van der Waals surface area contributed by atoms with E-state index in [1.807, 2.05) is 52.0 Å². The zero-order valence-corrected chi connectivity index (χ0v) is 14.2. The highest BCUT2D eigenvalue weighted by molar-refractivity contribution is 5.78. The number of aliphatic hydroxyl groups is 1. The van der Waals surface area contributed by atoms with Crippen molar-refractivity contribution in [2.75, 3.05) is 26.7 Å². The monoisotopic (exact) mass is 308 g/mol. The molecule has 1 aromatic rings. The number of nitrogens with zero attached hydrogens (tertiary/aromatic N) is 1. The molecule has 1 aromatic carbocycles. The topological polar surface area (TPSA) is 61.8 Å². The molecule has 1 atom stereocenters. The van der Waals surface area contributed by atoms with Gasteiger partial charge >= 0.3 is 0 Å². The normalized spacial score (nSPS) is 13.0. The zero-order chi connectivity index (χ0) is 16.8. The number of hydrogen-bond acceptors (Lipinski definition) is 4. The first-order chi connectivity index (χ1) is 10.2. The fourth-order valence-electron chi connectivity index (χ4n) is 2.08. The summed E-state index contributed by atoms with van der Waals surface area (Å²) in [5.74, 6) is 0.689. The van der Waals surface area contributed by atoms with Crippen LogP contribution in [0.15, 0.2) is 24.3 Å². The molecule has 22 heavy (non-hydrogen) atoms. The van der Waals surface area contributed by atoms with Gasteiger partial charge in [-0.2, -0.15) is 0 Å². The Balaban J connectivity index is 2.32. The van der Waals surface area contributed by atoms with E-state index in [4.69, 9.17) is 4.74 Å². The van der Waals surface area contributed by atoms with Crippen LogP contribution in [0, 0.1) is 6.92 Å². The van der Waals surface area contributed by atoms with Gasteiger partial charge in [-0.25, -0.2) is 0 Å². The minimum atomic E-state index is -0.645. The van der Waals surface area contributed by atoms with E-state index in [1.165, 1.54) is 0 Å². The van der Waals surface area contributed by atoms with Crippen LogP contribution in [0.5, 0.6) is 5.75 Å². The van der Waals surface area contributed by atoms with Gasteiger partial charge in [-0.3, -0.25) is 9.69 Å². The molecule has 0 aliphatic carbocycles. The molecule has 0 aromatic heterocycles. The van der Waals surface area contributed by atoms with Crippen molar-refractivity contribution in [1.29, 1.82) is 0 Å². The summed E-state index contributed by atoms with van der Waals surface area (Å²) in [5, 5.41) is 12.9. The van der Waals surface area contributed by atoms with Crippen molar-refractivity contribution in [3.05, 3.63) is 29.8 Å². The number of likely N-dealkylation sites (N-methyl/N-ethyl adjacent to an activating group) is 1. The van der Waals surface area contributed by atoms with Gasteiger partial charge in [0.05, 0.1) is 6.54 Å². The third-order valence-electron chi connectivity index (χ3n) is 2.88. The summed E-state index contributed by atoms with van der Waals surface area (Å²) in [6.07, 6.45) is -0.645. The maximum absolute atomic E-state index is 11.8. The lowest BCUT2D eigenvalue weighted by molar-refractivity contribution is -0.123. The van der Waals surface area contributed by atoms with Crippen molar-refractivity contribution in [3.8, 4) is 5.75 Å². The average molecular weight is 308 g/mol. The van der Waals surface area contributed by atoms with Gasteiger partial charge in [-0.15, -0.1) is 0 Å². The molecule has 0 spiro atoms. The Bertz CT molecular complexity index is 483. The summed E-state index contributed by atoms with van der Waals surface area (Å²) in [7, 11) is 1.80. The summed E-state index contributed by atoms with van der Waals surface area (Å²) in [5.41, 5.74) is 0.869. The molecule has 0 radical (unpaired) electrons. The van der Waals surface area contributed by atoms with Gasteiger partial charge in [-0.1, -0.05) is 12.1 Å². The van der Waals surface area contributed by atoms with Crippen molar-refractivity contribution in [2.24, 2.45) is 0 Å². The maximum atomic E-state index is 11.8. The molecule has 5 heteroatoms. The van der Waals surface area contributed by atoms with E-state index in [1.54, 1.807) is 11.9 Å². The van der Waals surface area contributed by atoms with E-state index in [-0.39, 0.29) is 24.6 Å². The van der Waals surface area contributed by atoms with Crippen LogP contribution in [-0.2, 0) is 4.79 Å². The van der Waals surface area contributed by atoms with Gasteiger partial charge < -0.3 is 15.2 Å². The van der Waals surface area contributed by atoms with Gasteiger partial charge in [0.25, 0.3) is 0 Å². The fourth-order valence-corrected chi connectivity index (χ4v) is 2.08. The second-order valence-corrected chi connectivity index (χ2v) is 6.78. The Labute approximate surface area is 133 Å². The molecule has 1 unspecified atom stereocenters. The number of hydrogen-bond donors (Lipinski definition) is 2. The molecular formula is C17H28N2O3. The number of aryl methyl sites for hydroxylation is 1. The number of carbonyl (C=O) groups is 1. The van der Waals surface area contributed by atoms with E-state index >= 15 is 0 Å². The van der Waals surface area contributed by atoms with Gasteiger partial charge in [0.2, 0.25) is 5.91 Å². The van der Waals surface area contributed by atoms with Crippen LogP contribution in [-0.4, -0.2) is 54.3 Å². The predicted molar refractivity (Wildman–Crippen MR) is 88.1 cm³/mol. The Kier molecular flexibility index (Phi) is 6.84. The number of carbonyl (C=O) groups excluding carboxylic acids is 1. The number of amides is 1. The number of benzene rings is 1. The van der Waals surface area contributed by atoms with Gasteiger partial charge in [0.15, 0.2) is 0 Å². The number of aliphatic hydroxyl groups excluding tert-OH is 1. The largest absolute Gasteiger partial charge is 0.491 e. The lowest BCUT2D eigenvalue weighted by Crippen LogP contribution is -2.46. The first-order valence-electron chi connectivity index (χ1n) is 7.53. The number of rotatable bonds is 7. The van der Waals surface area contributed by atoms with E-state index in [0.717, 1.165) is 11.3 Å². The number of ether oxygens (including phenoxy) is 1. The highest BCUT2D eigenvalue weighted by Crippen LogP contribution is 2.12. The Morgan fingerprint density at radius 3 is 2.68 bits per heavy atom. The van der Waals surface area contributed by atoms with Gasteiger partial charge in [0, 0.05) is 12.1 Å². The van der Waals surface area contributed by atoms with Crippen molar-refractivity contribution in [2.45, 2.75) is 39.3 Å². The first-order valence-corrected chi connectivity index (χ1v) is 7.53. The molecule has 5 nitrogen and oxygen atoms in total. The molecule has 1 amide bonds. The van der Waals surface area contributed by atoms with Crippen molar-refractivity contribution in [1.82, 2.24) is 10.2 Å². The molecular weight excluding hydrogens is 280 g/mol. The standard InChI is InChI=1S/C17H28N2O3/c1-13-7-6-8-15(9-13)22-12-14(20)10-19(5)11-16(21)18-17(2,3)4/h6-9,14,20H,10-12H2,1-5H3,(H,18,21). The van der Waals surface area contributed by atoms with Crippen molar-refractivity contribution in [3.63, 3.8) is 0 Å². The smallest absolute Gasteiger partial charge is 0.234 e. The summed E-state index contributed by atoms with van der Waals surface area (Å²) in [6, 6.07) is 7.69. The molecule has 0 fully saturated rings. The molecule has 124 valence electrons. The van der Waals surface area contributed by atoms with E-state index < -0.39 is 6.10 Å². The molecule has 0 saturated heterocycles. The molecule has 1 rings (SSSR count). The lowest BCUT2D eigenvalue weighted by atomic mass is 10.1. The predicted octanol–water partition coefficient (Wildman–Crippen LogP) is 1.58. The molecule has 0 heterocycles. The second-order valence-electron chi connectivity index (χ2n) is 6.78. The van der Waals surface area contributed by atoms with Crippen molar-refractivity contribution >= 4 is 5.91 Å². The Hall–Kier alpha value is -1.59. The minimum Gasteiger partial charge on any atom is -0.491 e. The van der Waals surface area contributed by atoms with Crippen LogP contribution in [0.1, 0.15) is 26.3 Å². The molecule has 0 aliphatic heterocycles. The van der Waals surface area contributed by atoms with Crippen molar-refractivity contribution < 1.29 is 14.6 Å². The SMILES string of the molecule is Cc1cccc(OCC(O)CN(C)CC(=O)NC(C)(C)C)c1. The van der Waals surface area contributed by atoms with Crippen LogP contribution >= 0.6 is 0 Å². The summed E-state index contributed by atoms with van der Waals surface area (Å²) < 4.78 is 5.56. The molecule has 2 N–H and O–H groups in total. The average Bonchev–Trinajstić information content (AvgIpc) is 2.33. The quantitative estimate of drug-likeness (QED) is 0.803. The maximum Gasteiger partial charge on any atom is 0.234 e. The van der Waals surface area contributed by atoms with Crippen LogP contribution in [0.2, 0.25) is 0 Å². The first kappa shape index (κ1) is 18.5. The number of nitrogens with one attached hydrogen (secondary N) is 1. The fraction of sp³-hybridized carbons (Fsp3) is 0.588. The van der Waals surface area contributed by atoms with Crippen LogP contribution < -0.4 is 10.1 Å². The van der Waals surface area contributed by atoms with Crippen LogP contribution in [0.25, 0.3) is 0 Å². The molecule has 0 saturated carbocycles. The molecule has 0 bridgehead atoms. The second kappa shape index (κ2) is 8.15. The van der Waals surface area contributed by atoms with Crippen LogP contribution in [0.4, 0.5) is 0 Å². The minimum absolute atomic E-state index is 0.0539. The van der Waals surface area contributed by atoms with E-state index in [9.17, 15) is 9.90 Å². The Morgan fingerprint density at radius 2 is 2.09 bits per heavy atom. The highest BCUT2D eigenvalue weighted by atomic mass is 16.5. The summed E-state index contributed by atoms with van der Waals surface area (Å²) in [4.78, 5) is 13.6. The third kappa shape index (κ3) is 8.00. The summed E-state index contributed by atoms with van der Waals surface area (Å²) >= 11 is 0. The van der Waals surface area contributed by atoms with Crippen LogP contribution in [0.3, 0.4) is 0 Å². The van der Waals surface area contributed by atoms with Gasteiger partial charge in [0.1, 0.15) is 18.5 Å². The summed E-state index contributed by atoms with van der Waals surface area (Å²) in [6.45, 7) is 8.64.